The summed E-state index contributed by atoms with van der Waals surface area (Å²) in [6.45, 7) is 2.59. The van der Waals surface area contributed by atoms with Gasteiger partial charge in [0.05, 0.1) is 22.7 Å². The Hall–Kier alpha value is -4.26. The number of nitro benzene ring substituents is 1. The van der Waals surface area contributed by atoms with E-state index >= 15 is 0 Å². The molecule has 0 atom stereocenters. The second-order valence-corrected chi connectivity index (χ2v) is 7.06. The Morgan fingerprint density at radius 3 is 2.50 bits per heavy atom. The first kappa shape index (κ1) is 21.0. The molecule has 0 aliphatic heterocycles. The van der Waals surface area contributed by atoms with Crippen LogP contribution in [0.5, 0.6) is 5.75 Å². The smallest absolute Gasteiger partial charge is 0.276 e. The summed E-state index contributed by atoms with van der Waals surface area (Å²) in [5.41, 5.74) is 1.79. The average Bonchev–Trinajstić information content (AvgIpc) is 3.25. The fourth-order valence-corrected chi connectivity index (χ4v) is 3.22. The number of nitrogens with zero attached hydrogens (tertiary/aromatic N) is 2. The van der Waals surface area contributed by atoms with Gasteiger partial charge < -0.3 is 9.15 Å². The van der Waals surface area contributed by atoms with E-state index in [1.54, 1.807) is 60.7 Å². The van der Waals surface area contributed by atoms with E-state index in [1.807, 2.05) is 13.0 Å². The number of rotatable bonds is 8. The van der Waals surface area contributed by atoms with Crippen LogP contribution in [0.1, 0.15) is 35.2 Å². The van der Waals surface area contributed by atoms with Crippen molar-refractivity contribution >= 4 is 34.2 Å². The summed E-state index contributed by atoms with van der Waals surface area (Å²) < 4.78 is 11.4. The second-order valence-electron chi connectivity index (χ2n) is 7.06. The molecular weight excluding hydrogens is 408 g/mol. The Morgan fingerprint density at radius 2 is 1.78 bits per heavy atom. The van der Waals surface area contributed by atoms with Gasteiger partial charge in [0.25, 0.3) is 5.69 Å². The number of ketones is 1. The van der Waals surface area contributed by atoms with Gasteiger partial charge >= 0.3 is 0 Å². The van der Waals surface area contributed by atoms with Gasteiger partial charge in [-0.05, 0) is 55.0 Å². The highest BCUT2D eigenvalue weighted by Gasteiger charge is 2.22. The van der Waals surface area contributed by atoms with Gasteiger partial charge in [0.15, 0.2) is 11.4 Å². The maximum absolute atomic E-state index is 13.5. The molecule has 0 unspecified atom stereocenters. The molecule has 1 heterocycles. The molecular formula is C25H20N2O5. The van der Waals surface area contributed by atoms with Crippen molar-refractivity contribution < 1.29 is 18.9 Å². The lowest BCUT2D eigenvalue weighted by Gasteiger charge is -2.07. The van der Waals surface area contributed by atoms with Crippen LogP contribution in [-0.4, -0.2) is 22.3 Å². The molecule has 4 aromatic rings. The number of benzene rings is 3. The molecule has 0 saturated heterocycles. The number of fused-ring (bicyclic) bond motifs is 1. The van der Waals surface area contributed by atoms with Crippen LogP contribution in [-0.2, 0) is 0 Å². The zero-order valence-corrected chi connectivity index (χ0v) is 17.4. The number of allylic oxidation sites excluding steroid dienone is 1. The number of nitro groups is 1. The quantitative estimate of drug-likeness (QED) is 0.149. The molecule has 7 heteroatoms. The molecule has 1 aromatic heterocycles. The van der Waals surface area contributed by atoms with Crippen LogP contribution in [0, 0.1) is 10.1 Å². The van der Waals surface area contributed by atoms with E-state index in [9.17, 15) is 14.9 Å². The molecule has 32 heavy (non-hydrogen) atoms. The minimum Gasteiger partial charge on any atom is -0.494 e. The number of carbonyl (C=O) groups excluding carboxylic acids is 1. The molecule has 0 amide bonds. The highest BCUT2D eigenvalue weighted by molar-refractivity contribution is 6.31. The first-order valence-electron chi connectivity index (χ1n) is 10.2. The van der Waals surface area contributed by atoms with E-state index in [1.165, 1.54) is 12.1 Å². The summed E-state index contributed by atoms with van der Waals surface area (Å²) in [5, 5.41) is 11.5. The van der Waals surface area contributed by atoms with E-state index in [4.69, 9.17) is 9.15 Å². The molecule has 4 rings (SSSR count). The maximum Gasteiger partial charge on any atom is 0.276 e. The van der Waals surface area contributed by atoms with Crippen LogP contribution in [0.15, 0.2) is 77.2 Å². The largest absolute Gasteiger partial charge is 0.494 e. The molecule has 160 valence electrons. The summed E-state index contributed by atoms with van der Waals surface area (Å²) >= 11 is 0. The number of aromatic nitrogens is 1. The predicted octanol–water partition coefficient (Wildman–Crippen LogP) is 5.95. The number of para-hydroxylation sites is 3. The molecule has 0 fully saturated rings. The molecule has 0 bridgehead atoms. The van der Waals surface area contributed by atoms with Crippen LogP contribution in [0.4, 0.5) is 5.69 Å². The van der Waals surface area contributed by atoms with Crippen LogP contribution < -0.4 is 4.74 Å². The number of hydrogen-bond acceptors (Lipinski definition) is 6. The van der Waals surface area contributed by atoms with Gasteiger partial charge in [0, 0.05) is 11.6 Å². The van der Waals surface area contributed by atoms with Gasteiger partial charge in [0.1, 0.15) is 11.3 Å². The number of oxazole rings is 1. The lowest BCUT2D eigenvalue weighted by Crippen LogP contribution is -2.04. The van der Waals surface area contributed by atoms with E-state index in [-0.39, 0.29) is 28.5 Å². The average molecular weight is 428 g/mol. The first-order chi connectivity index (χ1) is 15.6. The molecule has 0 spiro atoms. The topological polar surface area (TPSA) is 95.5 Å². The third-order valence-corrected chi connectivity index (χ3v) is 4.79. The maximum atomic E-state index is 13.5. The van der Waals surface area contributed by atoms with Gasteiger partial charge in [-0.1, -0.05) is 31.2 Å². The fourth-order valence-electron chi connectivity index (χ4n) is 3.22. The SMILES string of the molecule is CCCOc1ccc(C(=O)C(=Cc2ccccc2[N+](=O)[O-])c2nc3ccccc3o2)cc1. The molecule has 7 nitrogen and oxygen atoms in total. The number of carbonyl (C=O) groups is 1. The second kappa shape index (κ2) is 9.26. The molecule has 3 aromatic carbocycles. The monoisotopic (exact) mass is 428 g/mol. The van der Waals surface area contributed by atoms with E-state index in [2.05, 4.69) is 4.98 Å². The molecule has 0 aliphatic rings. The number of Topliss-reactive ketones (excluding diaryl/α,β-unsaturated/α-hetero) is 1. The van der Waals surface area contributed by atoms with Crippen molar-refractivity contribution in [2.75, 3.05) is 6.61 Å². The van der Waals surface area contributed by atoms with Crippen molar-refractivity contribution in [3.63, 3.8) is 0 Å². The summed E-state index contributed by atoms with van der Waals surface area (Å²) in [5.74, 6) is 0.395. The normalized spacial score (nSPS) is 11.5. The fraction of sp³-hybridized carbons (Fsp3) is 0.120. The summed E-state index contributed by atoms with van der Waals surface area (Å²) in [4.78, 5) is 28.9. The van der Waals surface area contributed by atoms with Gasteiger partial charge in [-0.3, -0.25) is 14.9 Å². The Kier molecular flexibility index (Phi) is 6.07. The number of ether oxygens (including phenoxy) is 1. The Labute approximate surface area is 184 Å². The van der Waals surface area contributed by atoms with Gasteiger partial charge in [-0.25, -0.2) is 4.98 Å². The van der Waals surface area contributed by atoms with Gasteiger partial charge in [-0.2, -0.15) is 0 Å². The Balaban J connectivity index is 1.80. The Morgan fingerprint density at radius 1 is 1.06 bits per heavy atom. The zero-order chi connectivity index (χ0) is 22.5. The summed E-state index contributed by atoms with van der Waals surface area (Å²) in [6, 6.07) is 20.1. The van der Waals surface area contributed by atoms with E-state index in [0.717, 1.165) is 6.42 Å². The summed E-state index contributed by atoms with van der Waals surface area (Å²) in [7, 11) is 0. The minimum atomic E-state index is -0.486. The molecule has 0 radical (unpaired) electrons. The van der Waals surface area contributed by atoms with Crippen LogP contribution in [0.25, 0.3) is 22.7 Å². The number of hydrogen-bond donors (Lipinski definition) is 0. The minimum absolute atomic E-state index is 0.0978. The first-order valence-corrected chi connectivity index (χ1v) is 10.2. The molecule has 0 N–H and O–H groups in total. The predicted molar refractivity (Wildman–Crippen MR) is 122 cm³/mol. The lowest BCUT2D eigenvalue weighted by atomic mass is 10.00. The molecule has 0 saturated carbocycles. The van der Waals surface area contributed by atoms with Gasteiger partial charge in [0.2, 0.25) is 5.89 Å². The van der Waals surface area contributed by atoms with Gasteiger partial charge in [-0.15, -0.1) is 0 Å². The lowest BCUT2D eigenvalue weighted by molar-refractivity contribution is -0.385. The Bertz CT molecular complexity index is 1270. The van der Waals surface area contributed by atoms with E-state index in [0.29, 0.717) is 29.0 Å². The highest BCUT2D eigenvalue weighted by atomic mass is 16.6. The van der Waals surface area contributed by atoms with Crippen LogP contribution >= 0.6 is 0 Å². The van der Waals surface area contributed by atoms with Crippen molar-refractivity contribution in [1.29, 1.82) is 0 Å². The van der Waals surface area contributed by atoms with Crippen molar-refractivity contribution in [2.45, 2.75) is 13.3 Å². The van der Waals surface area contributed by atoms with Crippen molar-refractivity contribution in [3.05, 3.63) is 99.9 Å². The highest BCUT2D eigenvalue weighted by Crippen LogP contribution is 2.29. The third kappa shape index (κ3) is 4.41. The van der Waals surface area contributed by atoms with Crippen LogP contribution in [0.2, 0.25) is 0 Å². The van der Waals surface area contributed by atoms with Crippen molar-refractivity contribution in [1.82, 2.24) is 4.98 Å². The third-order valence-electron chi connectivity index (χ3n) is 4.79. The standard InChI is InChI=1S/C25H20N2O5/c1-2-15-31-19-13-11-17(12-14-19)24(28)20(16-18-7-3-5-9-22(18)27(29)30)25-26-21-8-4-6-10-23(21)32-25/h3-14,16H,2,15H2,1H3. The zero-order valence-electron chi connectivity index (χ0n) is 17.4. The van der Waals surface area contributed by atoms with Crippen molar-refractivity contribution in [2.24, 2.45) is 0 Å². The van der Waals surface area contributed by atoms with Crippen LogP contribution in [0.3, 0.4) is 0 Å². The van der Waals surface area contributed by atoms with Crippen molar-refractivity contribution in [3.8, 4) is 5.75 Å². The molecule has 0 aliphatic carbocycles. The summed E-state index contributed by atoms with van der Waals surface area (Å²) in [6.07, 6.45) is 2.33. The van der Waals surface area contributed by atoms with E-state index < -0.39 is 4.92 Å².